The molecule has 1 aromatic carbocycles. The molecule has 0 unspecified atom stereocenters. The minimum atomic E-state index is -0.925. The Morgan fingerprint density at radius 3 is 2.59 bits per heavy atom. The van der Waals surface area contributed by atoms with E-state index in [-0.39, 0.29) is 18.9 Å². The highest BCUT2D eigenvalue weighted by molar-refractivity contribution is 5.99. The van der Waals surface area contributed by atoms with E-state index in [0.717, 1.165) is 17.1 Å². The van der Waals surface area contributed by atoms with Gasteiger partial charge in [0.15, 0.2) is 0 Å². The molecule has 6 heteroatoms. The molecule has 0 radical (unpaired) electrons. The molecule has 2 heterocycles. The summed E-state index contributed by atoms with van der Waals surface area (Å²) in [6.07, 6.45) is 0.0550. The van der Waals surface area contributed by atoms with Gasteiger partial charge in [-0.1, -0.05) is 6.07 Å². The molecule has 1 aromatic heterocycles. The van der Waals surface area contributed by atoms with Crippen LogP contribution in [0, 0.1) is 19.8 Å². The lowest BCUT2D eigenvalue weighted by molar-refractivity contribution is -0.141. The third-order valence-corrected chi connectivity index (χ3v) is 3.87. The summed E-state index contributed by atoms with van der Waals surface area (Å²) in [5, 5.41) is 13.5. The van der Waals surface area contributed by atoms with Crippen molar-refractivity contribution in [1.29, 1.82) is 0 Å². The first-order valence-corrected chi connectivity index (χ1v) is 7.12. The van der Waals surface area contributed by atoms with E-state index in [1.165, 1.54) is 4.90 Å². The van der Waals surface area contributed by atoms with Crippen molar-refractivity contribution in [2.45, 2.75) is 20.3 Å². The van der Waals surface area contributed by atoms with E-state index in [1.807, 2.05) is 48.9 Å². The lowest BCUT2D eigenvalue weighted by Crippen LogP contribution is -2.25. The molecule has 1 N–H and O–H groups in total. The van der Waals surface area contributed by atoms with Crippen LogP contribution in [0.2, 0.25) is 0 Å². The van der Waals surface area contributed by atoms with Crippen molar-refractivity contribution in [3.8, 4) is 5.69 Å². The standard InChI is InChI=1S/C16H17N3O3/c1-10-6-11(2)19(17-10)14-5-3-4-13(8-14)18-9-12(16(21)22)7-15(18)20/h3-6,8,12H,7,9H2,1-2H3,(H,21,22)/t12-/m0/s1. The summed E-state index contributed by atoms with van der Waals surface area (Å²) in [5.41, 5.74) is 3.49. The van der Waals surface area contributed by atoms with Crippen molar-refractivity contribution in [2.24, 2.45) is 5.92 Å². The monoisotopic (exact) mass is 299 g/mol. The summed E-state index contributed by atoms with van der Waals surface area (Å²) in [6.45, 7) is 4.11. The van der Waals surface area contributed by atoms with E-state index in [1.54, 1.807) is 0 Å². The molecular weight excluding hydrogens is 282 g/mol. The third-order valence-electron chi connectivity index (χ3n) is 3.87. The summed E-state index contributed by atoms with van der Waals surface area (Å²) in [4.78, 5) is 24.7. The number of aromatic nitrogens is 2. The second-order valence-electron chi connectivity index (χ2n) is 5.60. The van der Waals surface area contributed by atoms with E-state index < -0.39 is 11.9 Å². The third kappa shape index (κ3) is 2.47. The van der Waals surface area contributed by atoms with Gasteiger partial charge < -0.3 is 10.0 Å². The van der Waals surface area contributed by atoms with Gasteiger partial charge in [0.1, 0.15) is 0 Å². The number of hydrogen-bond acceptors (Lipinski definition) is 3. The normalized spacial score (nSPS) is 18.0. The second-order valence-corrected chi connectivity index (χ2v) is 5.60. The van der Waals surface area contributed by atoms with Crippen molar-refractivity contribution >= 4 is 17.6 Å². The van der Waals surface area contributed by atoms with Gasteiger partial charge in [0.2, 0.25) is 5.91 Å². The number of carboxylic acid groups (broad SMARTS) is 1. The fourth-order valence-electron chi connectivity index (χ4n) is 2.81. The van der Waals surface area contributed by atoms with Crippen LogP contribution in [0.3, 0.4) is 0 Å². The second kappa shape index (κ2) is 5.29. The van der Waals surface area contributed by atoms with Gasteiger partial charge >= 0.3 is 5.97 Å². The molecule has 6 nitrogen and oxygen atoms in total. The quantitative estimate of drug-likeness (QED) is 0.939. The maximum absolute atomic E-state index is 12.0. The molecule has 1 amide bonds. The Hall–Kier alpha value is -2.63. The van der Waals surface area contributed by atoms with Crippen molar-refractivity contribution in [3.05, 3.63) is 41.7 Å². The molecule has 114 valence electrons. The van der Waals surface area contributed by atoms with Gasteiger partial charge in [-0.25, -0.2) is 4.68 Å². The number of carbonyl (C=O) groups excluding carboxylic acids is 1. The average molecular weight is 299 g/mol. The highest BCUT2D eigenvalue weighted by Gasteiger charge is 2.35. The summed E-state index contributed by atoms with van der Waals surface area (Å²) >= 11 is 0. The summed E-state index contributed by atoms with van der Waals surface area (Å²) < 4.78 is 1.81. The minimum Gasteiger partial charge on any atom is -0.481 e. The predicted molar refractivity (Wildman–Crippen MR) is 81.1 cm³/mol. The molecule has 2 aromatic rings. The van der Waals surface area contributed by atoms with Crippen molar-refractivity contribution in [2.75, 3.05) is 11.4 Å². The average Bonchev–Trinajstić information content (AvgIpc) is 3.02. The van der Waals surface area contributed by atoms with Crippen LogP contribution in [0.15, 0.2) is 30.3 Å². The number of nitrogens with zero attached hydrogens (tertiary/aromatic N) is 3. The van der Waals surface area contributed by atoms with Gasteiger partial charge in [-0.2, -0.15) is 5.10 Å². The number of carboxylic acids is 1. The molecule has 0 spiro atoms. The first-order valence-electron chi connectivity index (χ1n) is 7.12. The maximum atomic E-state index is 12.0. The molecule has 1 aliphatic rings. The fraction of sp³-hybridized carbons (Fsp3) is 0.312. The molecule has 0 saturated carbocycles. The number of benzene rings is 1. The van der Waals surface area contributed by atoms with Crippen LogP contribution >= 0.6 is 0 Å². The van der Waals surface area contributed by atoms with Crippen molar-refractivity contribution in [3.63, 3.8) is 0 Å². The lowest BCUT2D eigenvalue weighted by atomic mass is 10.1. The predicted octanol–water partition coefficient (Wildman–Crippen LogP) is 1.93. The molecular formula is C16H17N3O3. The van der Waals surface area contributed by atoms with E-state index in [9.17, 15) is 9.59 Å². The number of amides is 1. The smallest absolute Gasteiger partial charge is 0.308 e. The largest absolute Gasteiger partial charge is 0.481 e. The van der Waals surface area contributed by atoms with E-state index in [0.29, 0.717) is 5.69 Å². The van der Waals surface area contributed by atoms with E-state index in [4.69, 9.17) is 5.11 Å². The number of anilines is 1. The molecule has 1 saturated heterocycles. The highest BCUT2D eigenvalue weighted by atomic mass is 16.4. The zero-order valence-electron chi connectivity index (χ0n) is 12.5. The SMILES string of the molecule is Cc1cc(C)n(-c2cccc(N3C[C@@H](C(=O)O)CC3=O)c2)n1. The molecule has 22 heavy (non-hydrogen) atoms. The van der Waals surface area contributed by atoms with Gasteiger partial charge in [-0.3, -0.25) is 9.59 Å². The molecule has 3 rings (SSSR count). The summed E-state index contributed by atoms with van der Waals surface area (Å²) in [6, 6.07) is 9.42. The highest BCUT2D eigenvalue weighted by Crippen LogP contribution is 2.27. The zero-order chi connectivity index (χ0) is 15.9. The summed E-state index contributed by atoms with van der Waals surface area (Å²) in [7, 11) is 0. The molecule has 1 atom stereocenters. The molecule has 0 bridgehead atoms. The first kappa shape index (κ1) is 14.3. The van der Waals surface area contributed by atoms with Gasteiger partial charge in [0, 0.05) is 24.3 Å². The summed E-state index contributed by atoms with van der Waals surface area (Å²) in [5.74, 6) is -1.71. The Labute approximate surface area is 128 Å². The molecule has 1 fully saturated rings. The van der Waals surface area contributed by atoms with Crippen molar-refractivity contribution < 1.29 is 14.7 Å². The zero-order valence-corrected chi connectivity index (χ0v) is 12.5. The lowest BCUT2D eigenvalue weighted by Gasteiger charge is -2.17. The van der Waals surface area contributed by atoms with E-state index in [2.05, 4.69) is 5.10 Å². The number of hydrogen-bond donors (Lipinski definition) is 1. The Balaban J connectivity index is 1.93. The van der Waals surface area contributed by atoms with Gasteiger partial charge in [0.05, 0.1) is 17.3 Å². The fourth-order valence-corrected chi connectivity index (χ4v) is 2.81. The van der Waals surface area contributed by atoms with Crippen LogP contribution in [0.25, 0.3) is 5.69 Å². The van der Waals surface area contributed by atoms with Gasteiger partial charge in [-0.05, 0) is 38.1 Å². The minimum absolute atomic E-state index is 0.0550. The van der Waals surface area contributed by atoms with Gasteiger partial charge in [-0.15, -0.1) is 0 Å². The van der Waals surface area contributed by atoms with Crippen LogP contribution < -0.4 is 4.90 Å². The number of aryl methyl sites for hydroxylation is 2. The topological polar surface area (TPSA) is 75.4 Å². The Kier molecular flexibility index (Phi) is 3.44. The maximum Gasteiger partial charge on any atom is 0.308 e. The van der Waals surface area contributed by atoms with E-state index >= 15 is 0 Å². The number of aliphatic carboxylic acids is 1. The van der Waals surface area contributed by atoms with Crippen LogP contribution in [0.4, 0.5) is 5.69 Å². The van der Waals surface area contributed by atoms with Crippen LogP contribution in [0.5, 0.6) is 0 Å². The molecule has 1 aliphatic heterocycles. The van der Waals surface area contributed by atoms with Crippen LogP contribution in [-0.4, -0.2) is 33.3 Å². The molecule has 0 aliphatic carbocycles. The number of carbonyl (C=O) groups is 2. The Bertz CT molecular complexity index is 751. The first-order chi connectivity index (χ1) is 10.5. The van der Waals surface area contributed by atoms with Crippen LogP contribution in [0.1, 0.15) is 17.8 Å². The van der Waals surface area contributed by atoms with Crippen molar-refractivity contribution in [1.82, 2.24) is 9.78 Å². The Morgan fingerprint density at radius 2 is 2.00 bits per heavy atom. The van der Waals surface area contributed by atoms with Crippen LogP contribution in [-0.2, 0) is 9.59 Å². The Morgan fingerprint density at radius 1 is 1.27 bits per heavy atom. The number of rotatable bonds is 3. The van der Waals surface area contributed by atoms with Gasteiger partial charge in [0.25, 0.3) is 0 Å².